The van der Waals surface area contributed by atoms with Crippen LogP contribution in [0.3, 0.4) is 0 Å². The summed E-state index contributed by atoms with van der Waals surface area (Å²) in [7, 11) is 3.31. The maximum atomic E-state index is 13.1. The van der Waals surface area contributed by atoms with Crippen LogP contribution in [0.5, 0.6) is 11.5 Å². The van der Waals surface area contributed by atoms with E-state index < -0.39 is 0 Å². The van der Waals surface area contributed by atoms with Gasteiger partial charge in [0.05, 0.1) is 31.7 Å². The van der Waals surface area contributed by atoms with Crippen LogP contribution >= 0.6 is 0 Å². The van der Waals surface area contributed by atoms with Gasteiger partial charge in [-0.3, -0.25) is 14.6 Å². The van der Waals surface area contributed by atoms with E-state index in [1.54, 1.807) is 26.6 Å². The number of nitrogens with zero attached hydrogens (tertiary/aromatic N) is 4. The summed E-state index contributed by atoms with van der Waals surface area (Å²) < 4.78 is 10.8. The zero-order valence-electron chi connectivity index (χ0n) is 27.0. The minimum Gasteiger partial charge on any atom is -0.497 e. The lowest BCUT2D eigenvalue weighted by atomic mass is 10.0. The fraction of sp³-hybridized carbons (Fsp3) is 0.270. The van der Waals surface area contributed by atoms with Crippen LogP contribution in [0.2, 0.25) is 0 Å². The highest BCUT2D eigenvalue weighted by molar-refractivity contribution is 6.01. The summed E-state index contributed by atoms with van der Waals surface area (Å²) in [5.74, 6) is 1.81. The van der Waals surface area contributed by atoms with E-state index in [1.165, 1.54) is 0 Å². The molecule has 47 heavy (non-hydrogen) atoms. The first-order valence-corrected chi connectivity index (χ1v) is 15.7. The number of pyridine rings is 3. The number of hydrogen-bond donors (Lipinski definition) is 2. The van der Waals surface area contributed by atoms with Gasteiger partial charge in [0.15, 0.2) is 0 Å². The number of fused-ring (bicyclic) bond motifs is 1. The molecule has 10 heteroatoms. The largest absolute Gasteiger partial charge is 0.497 e. The SMILES string of the molecule is CCNC(=O)[C@H]1C[C@H]1C(=O)Nc1cc2cc(-c3cnccc3C)nc(N(Cc3ccc(OC)cc3)Cc3ccc(OC)cc3)c2cn1. The summed E-state index contributed by atoms with van der Waals surface area (Å²) in [6, 6.07) is 21.9. The normalized spacial score (nSPS) is 15.1. The molecule has 6 rings (SSSR count). The third kappa shape index (κ3) is 7.17. The van der Waals surface area contributed by atoms with Crippen molar-refractivity contribution in [2.75, 3.05) is 31.0 Å². The first-order valence-electron chi connectivity index (χ1n) is 15.7. The number of aryl methyl sites for hydroxylation is 1. The van der Waals surface area contributed by atoms with Gasteiger partial charge in [0.1, 0.15) is 23.1 Å². The summed E-state index contributed by atoms with van der Waals surface area (Å²) >= 11 is 0. The van der Waals surface area contributed by atoms with E-state index >= 15 is 0 Å². The molecule has 0 aliphatic heterocycles. The fourth-order valence-electron chi connectivity index (χ4n) is 5.72. The number of anilines is 2. The number of benzene rings is 2. The molecule has 0 saturated heterocycles. The van der Waals surface area contributed by atoms with Gasteiger partial charge in [-0.2, -0.15) is 0 Å². The van der Waals surface area contributed by atoms with Crippen LogP contribution in [0.1, 0.15) is 30.0 Å². The zero-order chi connectivity index (χ0) is 32.9. The van der Waals surface area contributed by atoms with Crippen molar-refractivity contribution in [1.29, 1.82) is 0 Å². The van der Waals surface area contributed by atoms with E-state index in [9.17, 15) is 9.59 Å². The quantitative estimate of drug-likeness (QED) is 0.174. The Kier molecular flexibility index (Phi) is 9.28. The third-order valence-electron chi connectivity index (χ3n) is 8.44. The number of carbonyl (C=O) groups excluding carboxylic acids is 2. The molecule has 0 spiro atoms. The molecule has 10 nitrogen and oxygen atoms in total. The predicted octanol–water partition coefficient (Wildman–Crippen LogP) is 5.93. The Balaban J connectivity index is 1.41. The van der Waals surface area contributed by atoms with Crippen LogP contribution in [0.25, 0.3) is 22.0 Å². The number of hydrogen-bond acceptors (Lipinski definition) is 8. The van der Waals surface area contributed by atoms with E-state index in [4.69, 9.17) is 14.5 Å². The van der Waals surface area contributed by atoms with Crippen LogP contribution in [0, 0.1) is 18.8 Å². The summed E-state index contributed by atoms with van der Waals surface area (Å²) in [4.78, 5) is 41.8. The summed E-state index contributed by atoms with van der Waals surface area (Å²) in [6.07, 6.45) is 5.89. The number of methoxy groups -OCH3 is 2. The van der Waals surface area contributed by atoms with Crippen LogP contribution in [-0.4, -0.2) is 47.5 Å². The monoisotopic (exact) mass is 630 g/mol. The highest BCUT2D eigenvalue weighted by atomic mass is 16.5. The van der Waals surface area contributed by atoms with E-state index in [1.807, 2.05) is 62.5 Å². The van der Waals surface area contributed by atoms with E-state index in [0.29, 0.717) is 31.9 Å². The molecule has 0 radical (unpaired) electrons. The number of rotatable bonds is 12. The Morgan fingerprint density at radius 3 is 2.11 bits per heavy atom. The highest BCUT2D eigenvalue weighted by Gasteiger charge is 2.47. The molecule has 1 aliphatic carbocycles. The number of carbonyl (C=O) groups is 2. The van der Waals surface area contributed by atoms with Crippen molar-refractivity contribution in [3.8, 4) is 22.8 Å². The molecule has 0 bridgehead atoms. The summed E-state index contributed by atoms with van der Waals surface area (Å²) in [5.41, 5.74) is 4.88. The molecule has 2 amide bonds. The van der Waals surface area contributed by atoms with Crippen LogP contribution < -0.4 is 25.0 Å². The first-order chi connectivity index (χ1) is 22.9. The van der Waals surface area contributed by atoms with Gasteiger partial charge in [-0.05, 0) is 84.8 Å². The number of ether oxygens (including phenoxy) is 2. The van der Waals surface area contributed by atoms with Crippen LogP contribution in [-0.2, 0) is 22.7 Å². The fourth-order valence-corrected chi connectivity index (χ4v) is 5.72. The first kappa shape index (κ1) is 31.5. The third-order valence-corrected chi connectivity index (χ3v) is 8.44. The molecule has 2 atom stereocenters. The molecule has 3 aromatic heterocycles. The highest BCUT2D eigenvalue weighted by Crippen LogP contribution is 2.40. The van der Waals surface area contributed by atoms with Gasteiger partial charge >= 0.3 is 0 Å². The molecule has 1 saturated carbocycles. The van der Waals surface area contributed by atoms with Gasteiger partial charge in [0.25, 0.3) is 0 Å². The minimum absolute atomic E-state index is 0.0832. The van der Waals surface area contributed by atoms with E-state index in [0.717, 1.165) is 56.0 Å². The lowest BCUT2D eigenvalue weighted by molar-refractivity contribution is -0.125. The van der Waals surface area contributed by atoms with Crippen molar-refractivity contribution in [2.45, 2.75) is 33.4 Å². The molecule has 240 valence electrons. The molecule has 5 aromatic rings. The second-order valence-electron chi connectivity index (χ2n) is 11.7. The maximum absolute atomic E-state index is 13.1. The van der Waals surface area contributed by atoms with E-state index in [-0.39, 0.29) is 23.7 Å². The van der Waals surface area contributed by atoms with Crippen molar-refractivity contribution in [3.63, 3.8) is 0 Å². The Morgan fingerprint density at radius 1 is 0.872 bits per heavy atom. The predicted molar refractivity (Wildman–Crippen MR) is 182 cm³/mol. The summed E-state index contributed by atoms with van der Waals surface area (Å²) in [6.45, 7) is 5.57. The molecule has 2 aromatic carbocycles. The summed E-state index contributed by atoms with van der Waals surface area (Å²) in [5, 5.41) is 7.45. The van der Waals surface area contributed by atoms with Crippen molar-refractivity contribution >= 4 is 34.2 Å². The maximum Gasteiger partial charge on any atom is 0.229 e. The van der Waals surface area contributed by atoms with Crippen molar-refractivity contribution in [2.24, 2.45) is 11.8 Å². The number of amides is 2. The molecule has 1 aliphatic rings. The molecule has 1 fully saturated rings. The standard InChI is InChI=1S/C37H38N6O4/c1-5-39-36(44)29-18-30(29)37(45)42-34-17-26-16-33(31-19-38-15-14-23(31)2)41-35(32(26)20-40-34)43(21-24-6-10-27(46-3)11-7-24)22-25-8-12-28(47-4)13-9-25/h6-17,19-20,29-30H,5,18,21-22H2,1-4H3,(H,39,44)(H,40,42,45)/t29-,30+/m0/s1. The van der Waals surface area contributed by atoms with Gasteiger partial charge in [-0.25, -0.2) is 9.97 Å². The van der Waals surface area contributed by atoms with Gasteiger partial charge in [0, 0.05) is 49.2 Å². The smallest absolute Gasteiger partial charge is 0.229 e. The van der Waals surface area contributed by atoms with Crippen molar-refractivity contribution < 1.29 is 19.1 Å². The van der Waals surface area contributed by atoms with Gasteiger partial charge < -0.3 is 25.0 Å². The Bertz CT molecular complexity index is 1850. The van der Waals surface area contributed by atoms with Crippen LogP contribution in [0.15, 0.2) is 85.3 Å². The molecule has 0 unspecified atom stereocenters. The Hall–Kier alpha value is -5.51. The number of nitrogens with one attached hydrogen (secondary N) is 2. The molecular formula is C37H38N6O4. The van der Waals surface area contributed by atoms with Crippen molar-refractivity contribution in [1.82, 2.24) is 20.3 Å². The topological polar surface area (TPSA) is 119 Å². The van der Waals surface area contributed by atoms with Crippen molar-refractivity contribution in [3.05, 3.63) is 102 Å². The zero-order valence-corrected chi connectivity index (χ0v) is 27.0. The number of aromatic nitrogens is 3. The average Bonchev–Trinajstić information content (AvgIpc) is 3.90. The average molecular weight is 631 g/mol. The van der Waals surface area contributed by atoms with Gasteiger partial charge in [0.2, 0.25) is 11.8 Å². The Morgan fingerprint density at radius 2 is 1.51 bits per heavy atom. The lowest BCUT2D eigenvalue weighted by Crippen LogP contribution is -2.27. The minimum atomic E-state index is -0.356. The molecule has 2 N–H and O–H groups in total. The second-order valence-corrected chi connectivity index (χ2v) is 11.7. The van der Waals surface area contributed by atoms with Gasteiger partial charge in [-0.15, -0.1) is 0 Å². The van der Waals surface area contributed by atoms with E-state index in [2.05, 4.69) is 49.8 Å². The van der Waals surface area contributed by atoms with Crippen LogP contribution in [0.4, 0.5) is 11.6 Å². The molecule has 3 heterocycles. The lowest BCUT2D eigenvalue weighted by Gasteiger charge is -2.26. The molecular weight excluding hydrogens is 592 g/mol. The second kappa shape index (κ2) is 13.9. The van der Waals surface area contributed by atoms with Gasteiger partial charge in [-0.1, -0.05) is 24.3 Å². The Labute approximate surface area is 274 Å².